The van der Waals surface area contributed by atoms with Gasteiger partial charge in [-0.25, -0.2) is 0 Å². The molecule has 1 heterocycles. The van der Waals surface area contributed by atoms with Crippen LogP contribution in [0, 0.1) is 0 Å². The van der Waals surface area contributed by atoms with Crippen molar-refractivity contribution >= 4 is 17.7 Å². The molecule has 3 rings (SSSR count). The van der Waals surface area contributed by atoms with E-state index in [1.807, 2.05) is 30.3 Å². The van der Waals surface area contributed by atoms with Gasteiger partial charge in [0.05, 0.1) is 12.4 Å². The highest BCUT2D eigenvalue weighted by atomic mass is 32.2. The zero-order valence-corrected chi connectivity index (χ0v) is 13.0. The van der Waals surface area contributed by atoms with Gasteiger partial charge >= 0.3 is 0 Å². The van der Waals surface area contributed by atoms with Crippen LogP contribution in [0.3, 0.4) is 0 Å². The maximum absolute atomic E-state index is 10.7. The van der Waals surface area contributed by atoms with Crippen molar-refractivity contribution in [1.29, 1.82) is 0 Å². The standard InChI is InChI=1S/C17H14N2O3S/c20-16(21)14-8-6-13(7-9-14)11-23-17-19-18-15(22-17)10-12-4-2-1-3-5-12/h1-9H,10-11H2,(H,20,21)/p-1. The Morgan fingerprint density at radius 2 is 1.74 bits per heavy atom. The average Bonchev–Trinajstić information content (AvgIpc) is 3.02. The monoisotopic (exact) mass is 325 g/mol. The van der Waals surface area contributed by atoms with Crippen LogP contribution >= 0.6 is 11.8 Å². The number of aromatic carboxylic acids is 1. The van der Waals surface area contributed by atoms with Gasteiger partial charge in [0, 0.05) is 5.75 Å². The first-order valence-corrected chi connectivity index (χ1v) is 7.98. The topological polar surface area (TPSA) is 79.0 Å². The molecular weight excluding hydrogens is 312 g/mol. The lowest BCUT2D eigenvalue weighted by molar-refractivity contribution is -0.255. The van der Waals surface area contributed by atoms with Gasteiger partial charge in [-0.1, -0.05) is 66.4 Å². The SMILES string of the molecule is O=C([O-])c1ccc(CSc2nnc(Cc3ccccc3)o2)cc1. The molecule has 0 spiro atoms. The summed E-state index contributed by atoms with van der Waals surface area (Å²) in [5.74, 6) is 0.0259. The van der Waals surface area contributed by atoms with Crippen LogP contribution in [0.1, 0.15) is 27.4 Å². The van der Waals surface area contributed by atoms with E-state index in [-0.39, 0.29) is 5.56 Å². The van der Waals surface area contributed by atoms with Crippen molar-refractivity contribution in [3.8, 4) is 0 Å². The smallest absolute Gasteiger partial charge is 0.276 e. The zero-order chi connectivity index (χ0) is 16.1. The minimum atomic E-state index is -1.17. The first kappa shape index (κ1) is 15.3. The number of hydrogen-bond acceptors (Lipinski definition) is 6. The van der Waals surface area contributed by atoms with Crippen LogP contribution in [0.2, 0.25) is 0 Å². The van der Waals surface area contributed by atoms with E-state index in [9.17, 15) is 9.90 Å². The number of nitrogens with zero attached hydrogens (tertiary/aromatic N) is 2. The number of carboxylic acids is 1. The third-order valence-electron chi connectivity index (χ3n) is 3.20. The summed E-state index contributed by atoms with van der Waals surface area (Å²) >= 11 is 1.42. The number of thioether (sulfide) groups is 1. The lowest BCUT2D eigenvalue weighted by atomic mass is 10.1. The van der Waals surface area contributed by atoms with Gasteiger partial charge in [-0.15, -0.1) is 10.2 Å². The molecule has 6 heteroatoms. The Labute approximate surface area is 137 Å². The Bertz CT molecular complexity index is 785. The third kappa shape index (κ3) is 4.20. The van der Waals surface area contributed by atoms with Gasteiger partial charge in [0.15, 0.2) is 0 Å². The number of carbonyl (C=O) groups is 1. The van der Waals surface area contributed by atoms with Crippen molar-refractivity contribution in [3.63, 3.8) is 0 Å². The fraction of sp³-hybridized carbons (Fsp3) is 0.118. The van der Waals surface area contributed by atoms with Gasteiger partial charge in [-0.2, -0.15) is 0 Å². The fourth-order valence-corrected chi connectivity index (χ4v) is 2.76. The molecule has 0 radical (unpaired) electrons. The molecule has 0 saturated carbocycles. The van der Waals surface area contributed by atoms with E-state index in [1.165, 1.54) is 23.9 Å². The fourth-order valence-electron chi connectivity index (χ4n) is 2.02. The molecule has 0 unspecified atom stereocenters. The molecule has 1 aromatic heterocycles. The number of rotatable bonds is 6. The molecule has 0 amide bonds. The maximum Gasteiger partial charge on any atom is 0.276 e. The summed E-state index contributed by atoms with van der Waals surface area (Å²) in [4.78, 5) is 10.7. The normalized spacial score (nSPS) is 10.6. The second kappa shape index (κ2) is 7.11. The van der Waals surface area contributed by atoms with E-state index < -0.39 is 5.97 Å². The predicted molar refractivity (Wildman–Crippen MR) is 83.9 cm³/mol. The van der Waals surface area contributed by atoms with Crippen molar-refractivity contribution in [2.45, 2.75) is 17.4 Å². The summed E-state index contributed by atoms with van der Waals surface area (Å²) in [6, 6.07) is 16.5. The third-order valence-corrected chi connectivity index (χ3v) is 4.09. The molecule has 0 N–H and O–H groups in total. The van der Waals surface area contributed by atoms with E-state index >= 15 is 0 Å². The van der Waals surface area contributed by atoms with Gasteiger partial charge in [-0.3, -0.25) is 0 Å². The highest BCUT2D eigenvalue weighted by Gasteiger charge is 2.08. The van der Waals surface area contributed by atoms with Gasteiger partial charge < -0.3 is 14.3 Å². The molecule has 0 aliphatic carbocycles. The van der Waals surface area contributed by atoms with Crippen LogP contribution < -0.4 is 5.11 Å². The molecule has 2 aromatic carbocycles. The largest absolute Gasteiger partial charge is 0.545 e. The number of carbonyl (C=O) groups excluding carboxylic acids is 1. The Morgan fingerprint density at radius 1 is 1.00 bits per heavy atom. The van der Waals surface area contributed by atoms with Gasteiger partial charge in [0.1, 0.15) is 0 Å². The Hall–Kier alpha value is -2.60. The Balaban J connectivity index is 1.57. The molecule has 116 valence electrons. The predicted octanol–water partition coefficient (Wildman–Crippen LogP) is 2.32. The van der Waals surface area contributed by atoms with Gasteiger partial charge in [0.25, 0.3) is 5.22 Å². The first-order chi connectivity index (χ1) is 11.2. The summed E-state index contributed by atoms with van der Waals surface area (Å²) in [7, 11) is 0. The molecule has 0 aliphatic heterocycles. The minimum absolute atomic E-state index is 0.168. The molecule has 3 aromatic rings. The van der Waals surface area contributed by atoms with Crippen molar-refractivity contribution in [3.05, 3.63) is 77.2 Å². The van der Waals surface area contributed by atoms with E-state index in [0.29, 0.717) is 23.3 Å². The summed E-state index contributed by atoms with van der Waals surface area (Å²) in [5.41, 5.74) is 2.26. The van der Waals surface area contributed by atoms with Crippen LogP contribution in [-0.4, -0.2) is 16.2 Å². The van der Waals surface area contributed by atoms with Crippen LogP contribution in [0.4, 0.5) is 0 Å². The lowest BCUT2D eigenvalue weighted by Crippen LogP contribution is -2.21. The lowest BCUT2D eigenvalue weighted by Gasteiger charge is -2.03. The van der Waals surface area contributed by atoms with Crippen LogP contribution in [-0.2, 0) is 12.2 Å². The second-order valence-electron chi connectivity index (χ2n) is 4.90. The number of hydrogen-bond donors (Lipinski definition) is 0. The number of benzene rings is 2. The minimum Gasteiger partial charge on any atom is -0.545 e. The maximum atomic E-state index is 10.7. The molecule has 0 atom stereocenters. The van der Waals surface area contributed by atoms with E-state index in [2.05, 4.69) is 10.2 Å². The van der Waals surface area contributed by atoms with Crippen molar-refractivity contribution < 1.29 is 14.3 Å². The first-order valence-electron chi connectivity index (χ1n) is 7.00. The summed E-state index contributed by atoms with van der Waals surface area (Å²) in [5, 5.41) is 19.2. The van der Waals surface area contributed by atoms with Crippen molar-refractivity contribution in [1.82, 2.24) is 10.2 Å². The van der Waals surface area contributed by atoms with Crippen LogP contribution in [0.15, 0.2) is 64.2 Å². The Morgan fingerprint density at radius 3 is 2.43 bits per heavy atom. The molecular formula is C17H13N2O3S-. The molecule has 0 fully saturated rings. The molecule has 0 saturated heterocycles. The Kier molecular flexibility index (Phi) is 4.73. The molecule has 0 bridgehead atoms. The van der Waals surface area contributed by atoms with Crippen molar-refractivity contribution in [2.24, 2.45) is 0 Å². The number of carboxylic acid groups (broad SMARTS) is 1. The molecule has 23 heavy (non-hydrogen) atoms. The van der Waals surface area contributed by atoms with Gasteiger partial charge in [0.2, 0.25) is 5.89 Å². The number of aromatic nitrogens is 2. The quantitative estimate of drug-likeness (QED) is 0.647. The van der Waals surface area contributed by atoms with Crippen molar-refractivity contribution in [2.75, 3.05) is 0 Å². The van der Waals surface area contributed by atoms with E-state index in [0.717, 1.165) is 11.1 Å². The van der Waals surface area contributed by atoms with Crippen LogP contribution in [0.25, 0.3) is 0 Å². The van der Waals surface area contributed by atoms with E-state index in [4.69, 9.17) is 4.42 Å². The highest BCUT2D eigenvalue weighted by Crippen LogP contribution is 2.22. The van der Waals surface area contributed by atoms with Gasteiger partial charge in [-0.05, 0) is 16.7 Å². The summed E-state index contributed by atoms with van der Waals surface area (Å²) in [6.45, 7) is 0. The summed E-state index contributed by atoms with van der Waals surface area (Å²) < 4.78 is 5.61. The molecule has 0 aliphatic rings. The second-order valence-corrected chi connectivity index (χ2v) is 5.82. The average molecular weight is 325 g/mol. The summed E-state index contributed by atoms with van der Waals surface area (Å²) in [6.07, 6.45) is 0.606. The zero-order valence-electron chi connectivity index (χ0n) is 12.1. The van der Waals surface area contributed by atoms with E-state index in [1.54, 1.807) is 12.1 Å². The molecule has 5 nitrogen and oxygen atoms in total. The highest BCUT2D eigenvalue weighted by molar-refractivity contribution is 7.98. The van der Waals surface area contributed by atoms with Crippen LogP contribution in [0.5, 0.6) is 0 Å².